The van der Waals surface area contributed by atoms with E-state index in [1.165, 1.54) is 18.9 Å². The highest BCUT2D eigenvalue weighted by Crippen LogP contribution is 2.35. The average Bonchev–Trinajstić information content (AvgIpc) is 3.41. The molecule has 4 rings (SSSR count). The first-order valence-corrected chi connectivity index (χ1v) is 13.0. The fourth-order valence-corrected chi connectivity index (χ4v) is 4.18. The molecule has 0 fully saturated rings. The maximum absolute atomic E-state index is 12.9. The summed E-state index contributed by atoms with van der Waals surface area (Å²) >= 11 is 0. The molecule has 212 valence electrons. The lowest BCUT2D eigenvalue weighted by Gasteiger charge is -2.13. The lowest BCUT2D eigenvalue weighted by atomic mass is 10.0. The SMILES string of the molecule is CCOc1cc(-c2nn(-c3ccccc3)c(C(=O)OC)c2C(=O)OC)ccc1OCC(=O)NCCc1ccccc1. The fourth-order valence-electron chi connectivity index (χ4n) is 4.18. The lowest BCUT2D eigenvalue weighted by molar-refractivity contribution is -0.123. The van der Waals surface area contributed by atoms with Crippen molar-refractivity contribution < 1.29 is 33.3 Å². The molecule has 3 aromatic carbocycles. The van der Waals surface area contributed by atoms with Gasteiger partial charge in [0.15, 0.2) is 23.8 Å². The third kappa shape index (κ3) is 6.91. The topological polar surface area (TPSA) is 118 Å². The van der Waals surface area contributed by atoms with Crippen LogP contribution in [-0.2, 0) is 20.7 Å². The average molecular weight is 558 g/mol. The Labute approximate surface area is 237 Å². The highest BCUT2D eigenvalue weighted by molar-refractivity contribution is 6.07. The molecule has 0 atom stereocenters. The van der Waals surface area contributed by atoms with E-state index >= 15 is 0 Å². The van der Waals surface area contributed by atoms with Gasteiger partial charge in [-0.15, -0.1) is 0 Å². The van der Waals surface area contributed by atoms with Crippen molar-refractivity contribution in [1.29, 1.82) is 0 Å². The Morgan fingerprint density at radius 2 is 1.51 bits per heavy atom. The van der Waals surface area contributed by atoms with Gasteiger partial charge in [0.2, 0.25) is 0 Å². The highest BCUT2D eigenvalue weighted by Gasteiger charge is 2.31. The minimum Gasteiger partial charge on any atom is -0.490 e. The second kappa shape index (κ2) is 13.8. The van der Waals surface area contributed by atoms with Crippen molar-refractivity contribution in [3.05, 3.63) is 95.7 Å². The summed E-state index contributed by atoms with van der Waals surface area (Å²) in [5.74, 6) is -1.11. The van der Waals surface area contributed by atoms with Gasteiger partial charge in [-0.2, -0.15) is 5.10 Å². The van der Waals surface area contributed by atoms with E-state index in [-0.39, 0.29) is 29.5 Å². The first-order chi connectivity index (χ1) is 20.0. The van der Waals surface area contributed by atoms with Crippen LogP contribution < -0.4 is 14.8 Å². The fraction of sp³-hybridized carbons (Fsp3) is 0.226. The van der Waals surface area contributed by atoms with E-state index in [1.54, 1.807) is 42.5 Å². The summed E-state index contributed by atoms with van der Waals surface area (Å²) in [4.78, 5) is 38.2. The van der Waals surface area contributed by atoms with E-state index in [1.807, 2.05) is 43.3 Å². The van der Waals surface area contributed by atoms with Gasteiger partial charge in [0.05, 0.1) is 26.5 Å². The van der Waals surface area contributed by atoms with Gasteiger partial charge in [-0.1, -0.05) is 48.5 Å². The molecule has 0 bridgehead atoms. The van der Waals surface area contributed by atoms with Gasteiger partial charge >= 0.3 is 11.9 Å². The number of ether oxygens (including phenoxy) is 4. The first-order valence-electron chi connectivity index (χ1n) is 13.0. The third-order valence-electron chi connectivity index (χ3n) is 6.11. The van der Waals surface area contributed by atoms with Crippen LogP contribution in [0.25, 0.3) is 16.9 Å². The Balaban J connectivity index is 1.62. The number of hydrogen-bond acceptors (Lipinski definition) is 8. The summed E-state index contributed by atoms with van der Waals surface area (Å²) < 4.78 is 22.9. The Kier molecular flexibility index (Phi) is 9.71. The van der Waals surface area contributed by atoms with Crippen LogP contribution >= 0.6 is 0 Å². The molecule has 10 heteroatoms. The van der Waals surface area contributed by atoms with Gasteiger partial charge in [0, 0.05) is 12.1 Å². The number of esters is 2. The van der Waals surface area contributed by atoms with Gasteiger partial charge in [0.1, 0.15) is 11.3 Å². The van der Waals surface area contributed by atoms with Crippen LogP contribution in [0.4, 0.5) is 0 Å². The molecule has 0 aliphatic carbocycles. The van der Waals surface area contributed by atoms with Crippen molar-refractivity contribution in [2.45, 2.75) is 13.3 Å². The number of aromatic nitrogens is 2. The Hall–Kier alpha value is -5.12. The van der Waals surface area contributed by atoms with Crippen molar-refractivity contribution in [3.8, 4) is 28.4 Å². The largest absolute Gasteiger partial charge is 0.490 e. The molecule has 4 aromatic rings. The number of carbonyl (C=O) groups excluding carboxylic acids is 3. The number of nitrogens with zero attached hydrogens (tertiary/aromatic N) is 2. The number of amides is 1. The number of nitrogens with one attached hydrogen (secondary N) is 1. The molecule has 41 heavy (non-hydrogen) atoms. The van der Waals surface area contributed by atoms with Crippen LogP contribution in [0.15, 0.2) is 78.9 Å². The van der Waals surface area contributed by atoms with Crippen LogP contribution in [0, 0.1) is 0 Å². The van der Waals surface area contributed by atoms with E-state index in [0.29, 0.717) is 42.3 Å². The van der Waals surface area contributed by atoms with Crippen molar-refractivity contribution in [1.82, 2.24) is 15.1 Å². The van der Waals surface area contributed by atoms with E-state index in [9.17, 15) is 14.4 Å². The van der Waals surface area contributed by atoms with Crippen LogP contribution in [0.3, 0.4) is 0 Å². The second-order valence-corrected chi connectivity index (χ2v) is 8.77. The predicted molar refractivity (Wildman–Crippen MR) is 151 cm³/mol. The zero-order chi connectivity index (χ0) is 29.2. The summed E-state index contributed by atoms with van der Waals surface area (Å²) in [6, 6.07) is 23.7. The normalized spacial score (nSPS) is 10.5. The van der Waals surface area contributed by atoms with Crippen LogP contribution in [0.2, 0.25) is 0 Å². The number of carbonyl (C=O) groups is 3. The molecule has 10 nitrogen and oxygen atoms in total. The zero-order valence-corrected chi connectivity index (χ0v) is 23.1. The number of methoxy groups -OCH3 is 2. The maximum atomic E-state index is 12.9. The summed E-state index contributed by atoms with van der Waals surface area (Å²) in [5.41, 5.74) is 2.19. The Morgan fingerprint density at radius 1 is 0.829 bits per heavy atom. The maximum Gasteiger partial charge on any atom is 0.357 e. The van der Waals surface area contributed by atoms with Crippen molar-refractivity contribution in [3.63, 3.8) is 0 Å². The van der Waals surface area contributed by atoms with Gasteiger partial charge in [-0.25, -0.2) is 14.3 Å². The first kappa shape index (κ1) is 28.9. The number of hydrogen-bond donors (Lipinski definition) is 1. The molecular formula is C31H31N3O7. The number of benzene rings is 3. The standard InChI is InChI=1S/C31H31N3O7/c1-4-40-25-19-22(15-16-24(25)41-20-26(35)32-18-17-21-11-7-5-8-12-21)28-27(30(36)38-2)29(31(37)39-3)34(33-28)23-13-9-6-10-14-23/h5-16,19H,4,17-18,20H2,1-3H3,(H,32,35). The summed E-state index contributed by atoms with van der Waals surface area (Å²) in [5, 5.41) is 7.45. The minimum absolute atomic E-state index is 0.0582. The zero-order valence-electron chi connectivity index (χ0n) is 23.1. The molecule has 0 unspecified atom stereocenters. The molecule has 0 saturated carbocycles. The van der Waals surface area contributed by atoms with Crippen molar-refractivity contribution >= 4 is 17.8 Å². The molecule has 1 N–H and O–H groups in total. The molecule has 1 heterocycles. The van der Waals surface area contributed by atoms with E-state index < -0.39 is 11.9 Å². The van der Waals surface area contributed by atoms with Crippen LogP contribution in [0.1, 0.15) is 33.3 Å². The molecule has 0 spiro atoms. The summed E-state index contributed by atoms with van der Waals surface area (Å²) in [7, 11) is 2.45. The highest BCUT2D eigenvalue weighted by atomic mass is 16.5. The number of rotatable bonds is 12. The minimum atomic E-state index is -0.756. The van der Waals surface area contributed by atoms with E-state index in [4.69, 9.17) is 18.9 Å². The molecular weight excluding hydrogens is 526 g/mol. The smallest absolute Gasteiger partial charge is 0.357 e. The molecule has 1 amide bonds. The van der Waals surface area contributed by atoms with E-state index in [2.05, 4.69) is 10.4 Å². The van der Waals surface area contributed by atoms with Gasteiger partial charge in [-0.3, -0.25) is 4.79 Å². The quantitative estimate of drug-likeness (QED) is 0.257. The molecule has 1 aromatic heterocycles. The van der Waals surface area contributed by atoms with Crippen LogP contribution in [-0.4, -0.2) is 61.6 Å². The molecule has 0 aliphatic rings. The monoisotopic (exact) mass is 557 g/mol. The molecule has 0 saturated heterocycles. The predicted octanol–water partition coefficient (Wildman–Crippen LogP) is 4.25. The summed E-state index contributed by atoms with van der Waals surface area (Å²) in [6.07, 6.45) is 0.706. The molecule has 0 radical (unpaired) electrons. The number of para-hydroxylation sites is 1. The van der Waals surface area contributed by atoms with Crippen molar-refractivity contribution in [2.24, 2.45) is 0 Å². The second-order valence-electron chi connectivity index (χ2n) is 8.77. The van der Waals surface area contributed by atoms with Crippen molar-refractivity contribution in [2.75, 3.05) is 34.0 Å². The lowest BCUT2D eigenvalue weighted by Crippen LogP contribution is -2.30. The Morgan fingerprint density at radius 3 is 2.17 bits per heavy atom. The molecule has 0 aliphatic heterocycles. The summed E-state index contributed by atoms with van der Waals surface area (Å²) in [6.45, 7) is 2.40. The van der Waals surface area contributed by atoms with Gasteiger partial charge < -0.3 is 24.3 Å². The van der Waals surface area contributed by atoms with E-state index in [0.717, 1.165) is 5.56 Å². The Bertz CT molecular complexity index is 1500. The van der Waals surface area contributed by atoms with Crippen LogP contribution in [0.5, 0.6) is 11.5 Å². The van der Waals surface area contributed by atoms with Gasteiger partial charge in [-0.05, 0) is 49.2 Å². The third-order valence-corrected chi connectivity index (χ3v) is 6.11. The van der Waals surface area contributed by atoms with Gasteiger partial charge in [0.25, 0.3) is 5.91 Å².